The molecule has 0 aromatic heterocycles. The van der Waals surface area contributed by atoms with Gasteiger partial charge in [0.05, 0.1) is 0 Å². The van der Waals surface area contributed by atoms with Crippen LogP contribution in [-0.2, 0) is 0 Å². The highest BCUT2D eigenvalue weighted by Gasteiger charge is 2.59. The number of aliphatic hydroxyl groups excluding tert-OH is 1. The molecule has 3 saturated carbocycles. The summed E-state index contributed by atoms with van der Waals surface area (Å²) in [6.45, 7) is 4.06. The summed E-state index contributed by atoms with van der Waals surface area (Å²) in [5.41, 5.74) is -0.00481. The van der Waals surface area contributed by atoms with Crippen molar-refractivity contribution in [2.24, 2.45) is 23.2 Å². The van der Waals surface area contributed by atoms with Crippen molar-refractivity contribution in [3.05, 3.63) is 0 Å². The topological polar surface area (TPSA) is 20.2 Å². The van der Waals surface area contributed by atoms with Crippen LogP contribution in [0.1, 0.15) is 33.1 Å². The first-order chi connectivity index (χ1) is 6.74. The minimum atomic E-state index is -4.46. The van der Waals surface area contributed by atoms with Gasteiger partial charge in [-0.25, -0.2) is 0 Å². The Morgan fingerprint density at radius 3 is 2.27 bits per heavy atom. The van der Waals surface area contributed by atoms with Crippen LogP contribution in [0, 0.1) is 23.2 Å². The molecule has 1 nitrogen and oxygen atoms in total. The van der Waals surface area contributed by atoms with Crippen molar-refractivity contribution in [1.29, 1.82) is 0 Å². The Kier molecular flexibility index (Phi) is 2.34. The summed E-state index contributed by atoms with van der Waals surface area (Å²) in [5.74, 6) is 0.0389. The van der Waals surface area contributed by atoms with Crippen molar-refractivity contribution >= 4 is 0 Å². The molecule has 3 aliphatic carbocycles. The number of fused-ring (bicyclic) bond motifs is 2. The van der Waals surface area contributed by atoms with Crippen LogP contribution >= 0.6 is 0 Å². The maximum Gasteiger partial charge on any atom is 0.414 e. The minimum Gasteiger partial charge on any atom is -0.383 e. The molecule has 88 valence electrons. The second-order valence-corrected chi connectivity index (χ2v) is 5.59. The van der Waals surface area contributed by atoms with E-state index in [1.165, 1.54) is 0 Å². The molecule has 0 amide bonds. The van der Waals surface area contributed by atoms with Gasteiger partial charge in [0.1, 0.15) is 0 Å². The molecule has 1 unspecified atom stereocenters. The molecule has 3 aliphatic rings. The van der Waals surface area contributed by atoms with Gasteiger partial charge in [0, 0.05) is 0 Å². The van der Waals surface area contributed by atoms with Crippen LogP contribution in [0.4, 0.5) is 13.2 Å². The van der Waals surface area contributed by atoms with Crippen LogP contribution in [0.25, 0.3) is 0 Å². The van der Waals surface area contributed by atoms with E-state index in [2.05, 4.69) is 0 Å². The fourth-order valence-corrected chi connectivity index (χ4v) is 3.49. The molecule has 0 aromatic rings. The van der Waals surface area contributed by atoms with Gasteiger partial charge < -0.3 is 5.11 Å². The summed E-state index contributed by atoms with van der Waals surface area (Å²) in [5, 5.41) is 9.31. The quantitative estimate of drug-likeness (QED) is 0.723. The Labute approximate surface area is 87.7 Å². The largest absolute Gasteiger partial charge is 0.414 e. The van der Waals surface area contributed by atoms with E-state index < -0.39 is 18.2 Å². The normalized spacial score (nSPS) is 40.8. The average molecular weight is 222 g/mol. The monoisotopic (exact) mass is 222 g/mol. The number of halogens is 3. The lowest BCUT2D eigenvalue weighted by atomic mass is 9.45. The third-order valence-corrected chi connectivity index (χ3v) is 4.65. The van der Waals surface area contributed by atoms with E-state index in [0.717, 1.165) is 12.8 Å². The molecule has 0 spiro atoms. The molecule has 0 saturated heterocycles. The number of rotatable bonds is 1. The molecule has 15 heavy (non-hydrogen) atoms. The van der Waals surface area contributed by atoms with Crippen molar-refractivity contribution in [2.45, 2.75) is 45.4 Å². The van der Waals surface area contributed by atoms with E-state index in [0.29, 0.717) is 12.3 Å². The zero-order chi connectivity index (χ0) is 11.4. The number of alkyl halides is 3. The molecule has 2 bridgehead atoms. The van der Waals surface area contributed by atoms with E-state index in [4.69, 9.17) is 0 Å². The Morgan fingerprint density at radius 1 is 1.27 bits per heavy atom. The molecule has 0 aliphatic heterocycles. The number of aliphatic hydroxyl groups is 1. The summed E-state index contributed by atoms with van der Waals surface area (Å²) in [7, 11) is 0. The minimum absolute atomic E-state index is 0.00481. The second-order valence-electron chi connectivity index (χ2n) is 5.59. The predicted octanol–water partition coefficient (Wildman–Crippen LogP) is 2.98. The van der Waals surface area contributed by atoms with Crippen LogP contribution in [0.3, 0.4) is 0 Å². The Bertz CT molecular complexity index is 255. The van der Waals surface area contributed by atoms with E-state index in [1.54, 1.807) is 0 Å². The van der Waals surface area contributed by atoms with Crippen molar-refractivity contribution in [1.82, 2.24) is 0 Å². The number of hydrogen-bond acceptors (Lipinski definition) is 1. The number of hydrogen-bond donors (Lipinski definition) is 1. The third kappa shape index (κ3) is 1.57. The zero-order valence-electron chi connectivity index (χ0n) is 9.01. The van der Waals surface area contributed by atoms with Crippen molar-refractivity contribution in [3.8, 4) is 0 Å². The van der Waals surface area contributed by atoms with Gasteiger partial charge in [-0.15, -0.1) is 0 Å². The molecular formula is C11H17F3O. The molecule has 3 rings (SSSR count). The molecule has 0 radical (unpaired) electrons. The highest BCUT2D eigenvalue weighted by molar-refractivity contribution is 5.05. The molecule has 4 heteroatoms. The van der Waals surface area contributed by atoms with E-state index in [-0.39, 0.29) is 11.3 Å². The SMILES string of the molecule is CC1(C)[C@H]2CCC([C@H](O)C(F)(F)F)[C@@H]1C2. The average Bonchev–Trinajstić information content (AvgIpc) is 2.15. The van der Waals surface area contributed by atoms with Gasteiger partial charge in [0.15, 0.2) is 6.10 Å². The second kappa shape index (κ2) is 3.12. The molecule has 0 heterocycles. The highest BCUT2D eigenvalue weighted by atomic mass is 19.4. The summed E-state index contributed by atoms with van der Waals surface area (Å²) in [4.78, 5) is 0. The smallest absolute Gasteiger partial charge is 0.383 e. The predicted molar refractivity (Wildman–Crippen MR) is 50.2 cm³/mol. The van der Waals surface area contributed by atoms with Gasteiger partial charge in [-0.3, -0.25) is 0 Å². The maximum atomic E-state index is 12.4. The molecule has 4 atom stereocenters. The van der Waals surface area contributed by atoms with Gasteiger partial charge in [-0.05, 0) is 42.4 Å². The molecule has 1 N–H and O–H groups in total. The van der Waals surface area contributed by atoms with Crippen molar-refractivity contribution in [2.75, 3.05) is 0 Å². The van der Waals surface area contributed by atoms with Crippen LogP contribution < -0.4 is 0 Å². The fourth-order valence-electron chi connectivity index (χ4n) is 3.49. The van der Waals surface area contributed by atoms with Crippen LogP contribution in [-0.4, -0.2) is 17.4 Å². The van der Waals surface area contributed by atoms with Gasteiger partial charge in [-0.2, -0.15) is 13.2 Å². The van der Waals surface area contributed by atoms with Crippen LogP contribution in [0.2, 0.25) is 0 Å². The Morgan fingerprint density at radius 2 is 1.87 bits per heavy atom. The third-order valence-electron chi connectivity index (χ3n) is 4.65. The molecule has 0 aromatic carbocycles. The molecule has 3 fully saturated rings. The first kappa shape index (κ1) is 11.2. The Balaban J connectivity index is 2.11. The standard InChI is InChI=1S/C11H17F3O/c1-10(2)6-3-4-7(8(10)5-6)9(15)11(12,13)14/h6-9,15H,3-5H2,1-2H3/t6-,7?,8-,9-/m0/s1. The maximum absolute atomic E-state index is 12.4. The van der Waals surface area contributed by atoms with Gasteiger partial charge in [0.25, 0.3) is 0 Å². The zero-order valence-corrected chi connectivity index (χ0v) is 9.01. The lowest BCUT2D eigenvalue weighted by Gasteiger charge is -2.61. The van der Waals surface area contributed by atoms with Gasteiger partial charge in [-0.1, -0.05) is 13.8 Å². The van der Waals surface area contributed by atoms with Gasteiger partial charge >= 0.3 is 6.18 Å². The lowest BCUT2D eigenvalue weighted by Crippen LogP contribution is -2.57. The summed E-state index contributed by atoms with van der Waals surface area (Å²) >= 11 is 0. The van der Waals surface area contributed by atoms with Crippen LogP contribution in [0.5, 0.6) is 0 Å². The van der Waals surface area contributed by atoms with Gasteiger partial charge in [0.2, 0.25) is 0 Å². The summed E-state index contributed by atoms with van der Waals surface area (Å²) in [6.07, 6.45) is -4.35. The van der Waals surface area contributed by atoms with Crippen molar-refractivity contribution < 1.29 is 18.3 Å². The highest BCUT2D eigenvalue weighted by Crippen LogP contribution is 2.62. The van der Waals surface area contributed by atoms with E-state index >= 15 is 0 Å². The first-order valence-electron chi connectivity index (χ1n) is 5.49. The Hall–Kier alpha value is -0.250. The summed E-state index contributed by atoms with van der Waals surface area (Å²) < 4.78 is 37.3. The van der Waals surface area contributed by atoms with Crippen molar-refractivity contribution in [3.63, 3.8) is 0 Å². The lowest BCUT2D eigenvalue weighted by molar-refractivity contribution is -0.251. The van der Waals surface area contributed by atoms with E-state index in [1.807, 2.05) is 13.8 Å². The van der Waals surface area contributed by atoms with E-state index in [9.17, 15) is 18.3 Å². The first-order valence-corrected chi connectivity index (χ1v) is 5.49. The fraction of sp³-hybridized carbons (Fsp3) is 1.00. The van der Waals surface area contributed by atoms with Crippen LogP contribution in [0.15, 0.2) is 0 Å². The summed E-state index contributed by atoms with van der Waals surface area (Å²) in [6, 6.07) is 0. The molecular weight excluding hydrogens is 205 g/mol.